The molecule has 1 aliphatic rings. The summed E-state index contributed by atoms with van der Waals surface area (Å²) in [5.74, 6) is 0. The molecule has 1 aromatic carbocycles. The van der Waals surface area contributed by atoms with Gasteiger partial charge in [-0.1, -0.05) is 18.2 Å². The van der Waals surface area contributed by atoms with Crippen LogP contribution in [-0.4, -0.2) is 43.8 Å². The van der Waals surface area contributed by atoms with Crippen LogP contribution in [0.4, 0.5) is 18.9 Å². The first-order chi connectivity index (χ1) is 8.46. The van der Waals surface area contributed by atoms with E-state index >= 15 is 0 Å². The third kappa shape index (κ3) is 3.38. The van der Waals surface area contributed by atoms with Crippen LogP contribution >= 0.6 is 0 Å². The van der Waals surface area contributed by atoms with Gasteiger partial charge >= 0.3 is 6.18 Å². The Kier molecular flexibility index (Phi) is 3.80. The van der Waals surface area contributed by atoms with Crippen molar-refractivity contribution in [2.24, 2.45) is 0 Å². The van der Waals surface area contributed by atoms with E-state index in [0.29, 0.717) is 6.54 Å². The summed E-state index contributed by atoms with van der Waals surface area (Å²) in [4.78, 5) is 3.54. The van der Waals surface area contributed by atoms with Crippen molar-refractivity contribution in [2.75, 3.05) is 31.6 Å². The molecule has 1 heterocycles. The molecule has 2 rings (SSSR count). The Morgan fingerprint density at radius 1 is 1.28 bits per heavy atom. The van der Waals surface area contributed by atoms with E-state index in [1.54, 1.807) is 7.05 Å². The SMILES string of the molecule is CN(CC(F)(F)F)C1CCN(c2ccccc2)C1. The summed E-state index contributed by atoms with van der Waals surface area (Å²) in [6, 6.07) is 9.79. The number of likely N-dealkylation sites (N-methyl/N-ethyl adjacent to an activating group) is 1. The third-order valence-electron chi connectivity index (χ3n) is 3.34. The lowest BCUT2D eigenvalue weighted by Gasteiger charge is -2.26. The topological polar surface area (TPSA) is 6.48 Å². The first kappa shape index (κ1) is 13.2. The zero-order valence-corrected chi connectivity index (χ0v) is 10.3. The van der Waals surface area contributed by atoms with E-state index in [4.69, 9.17) is 0 Å². The first-order valence-corrected chi connectivity index (χ1v) is 6.03. The summed E-state index contributed by atoms with van der Waals surface area (Å²) < 4.78 is 37.0. The minimum absolute atomic E-state index is 0.0215. The summed E-state index contributed by atoms with van der Waals surface area (Å²) in [5.41, 5.74) is 1.08. The highest BCUT2D eigenvalue weighted by atomic mass is 19.4. The summed E-state index contributed by atoms with van der Waals surface area (Å²) in [6.07, 6.45) is -3.34. The van der Waals surface area contributed by atoms with Gasteiger partial charge in [-0.05, 0) is 25.6 Å². The second-order valence-corrected chi connectivity index (χ2v) is 4.75. The molecule has 100 valence electrons. The van der Waals surface area contributed by atoms with Gasteiger partial charge in [0.25, 0.3) is 0 Å². The number of halogens is 3. The molecule has 1 saturated heterocycles. The largest absolute Gasteiger partial charge is 0.401 e. The van der Waals surface area contributed by atoms with Crippen molar-refractivity contribution in [2.45, 2.75) is 18.6 Å². The Balaban J connectivity index is 1.92. The standard InChI is InChI=1S/C13H17F3N2/c1-17(10-13(14,15)16)12-7-8-18(9-12)11-5-3-2-4-6-11/h2-6,12H,7-10H2,1H3. The normalized spacial score (nSPS) is 20.7. The number of para-hydroxylation sites is 1. The molecule has 0 amide bonds. The highest BCUT2D eigenvalue weighted by Gasteiger charge is 2.34. The van der Waals surface area contributed by atoms with E-state index in [2.05, 4.69) is 4.90 Å². The molecular weight excluding hydrogens is 241 g/mol. The lowest BCUT2D eigenvalue weighted by Crippen LogP contribution is -2.40. The van der Waals surface area contributed by atoms with Gasteiger partial charge in [-0.25, -0.2) is 0 Å². The molecule has 5 heteroatoms. The predicted molar refractivity (Wildman–Crippen MR) is 65.7 cm³/mol. The fourth-order valence-corrected chi connectivity index (χ4v) is 2.39. The molecule has 1 fully saturated rings. The number of anilines is 1. The van der Waals surface area contributed by atoms with Crippen molar-refractivity contribution in [3.8, 4) is 0 Å². The van der Waals surface area contributed by atoms with Crippen LogP contribution in [-0.2, 0) is 0 Å². The van der Waals surface area contributed by atoms with Crippen LogP contribution < -0.4 is 4.90 Å². The van der Waals surface area contributed by atoms with Crippen molar-refractivity contribution in [1.29, 1.82) is 0 Å². The van der Waals surface area contributed by atoms with Gasteiger partial charge in [-0.2, -0.15) is 13.2 Å². The van der Waals surface area contributed by atoms with Gasteiger partial charge in [0.15, 0.2) is 0 Å². The molecule has 1 atom stereocenters. The van der Waals surface area contributed by atoms with Crippen molar-refractivity contribution >= 4 is 5.69 Å². The lowest BCUT2D eigenvalue weighted by atomic mass is 10.2. The number of alkyl halides is 3. The van der Waals surface area contributed by atoms with Crippen LogP contribution in [0.3, 0.4) is 0 Å². The lowest BCUT2D eigenvalue weighted by molar-refractivity contribution is -0.146. The number of rotatable bonds is 3. The molecule has 0 spiro atoms. The fraction of sp³-hybridized carbons (Fsp3) is 0.538. The maximum Gasteiger partial charge on any atom is 0.401 e. The van der Waals surface area contributed by atoms with E-state index in [1.165, 1.54) is 4.90 Å². The Morgan fingerprint density at radius 2 is 1.94 bits per heavy atom. The van der Waals surface area contributed by atoms with Crippen LogP contribution in [0.25, 0.3) is 0 Å². The Bertz CT molecular complexity index is 378. The molecule has 0 radical (unpaired) electrons. The molecule has 1 aromatic rings. The smallest absolute Gasteiger partial charge is 0.370 e. The van der Waals surface area contributed by atoms with Crippen LogP contribution in [0, 0.1) is 0 Å². The molecule has 0 N–H and O–H groups in total. The predicted octanol–water partition coefficient (Wildman–Crippen LogP) is 2.76. The van der Waals surface area contributed by atoms with Gasteiger partial charge in [0.1, 0.15) is 0 Å². The van der Waals surface area contributed by atoms with E-state index in [0.717, 1.165) is 18.7 Å². The molecule has 18 heavy (non-hydrogen) atoms. The number of hydrogen-bond donors (Lipinski definition) is 0. The van der Waals surface area contributed by atoms with Crippen LogP contribution in [0.15, 0.2) is 30.3 Å². The minimum atomic E-state index is -4.12. The number of nitrogens with zero attached hydrogens (tertiary/aromatic N) is 2. The summed E-state index contributed by atoms with van der Waals surface area (Å²) in [6.45, 7) is 0.647. The van der Waals surface area contributed by atoms with Crippen molar-refractivity contribution in [1.82, 2.24) is 4.90 Å². The van der Waals surface area contributed by atoms with Gasteiger partial charge in [0.05, 0.1) is 6.54 Å². The van der Waals surface area contributed by atoms with E-state index in [-0.39, 0.29) is 6.04 Å². The highest BCUT2D eigenvalue weighted by molar-refractivity contribution is 5.47. The minimum Gasteiger partial charge on any atom is -0.370 e. The Labute approximate surface area is 105 Å². The van der Waals surface area contributed by atoms with Gasteiger partial charge in [-0.15, -0.1) is 0 Å². The molecule has 1 aliphatic heterocycles. The first-order valence-electron chi connectivity index (χ1n) is 6.03. The third-order valence-corrected chi connectivity index (χ3v) is 3.34. The second-order valence-electron chi connectivity index (χ2n) is 4.75. The zero-order valence-electron chi connectivity index (χ0n) is 10.3. The number of benzene rings is 1. The summed E-state index contributed by atoms with van der Waals surface area (Å²) >= 11 is 0. The molecule has 0 bridgehead atoms. The van der Waals surface area contributed by atoms with Crippen molar-refractivity contribution in [3.63, 3.8) is 0 Å². The van der Waals surface area contributed by atoms with Crippen LogP contribution in [0.2, 0.25) is 0 Å². The molecule has 0 aromatic heterocycles. The Morgan fingerprint density at radius 3 is 2.56 bits per heavy atom. The van der Waals surface area contributed by atoms with E-state index < -0.39 is 12.7 Å². The monoisotopic (exact) mass is 258 g/mol. The Hall–Kier alpha value is -1.23. The average Bonchev–Trinajstić information content (AvgIpc) is 2.77. The molecule has 2 nitrogen and oxygen atoms in total. The van der Waals surface area contributed by atoms with Crippen molar-refractivity contribution in [3.05, 3.63) is 30.3 Å². The summed E-state index contributed by atoms with van der Waals surface area (Å²) in [5, 5.41) is 0. The highest BCUT2D eigenvalue weighted by Crippen LogP contribution is 2.24. The van der Waals surface area contributed by atoms with Gasteiger partial charge in [0, 0.05) is 24.8 Å². The average molecular weight is 258 g/mol. The van der Waals surface area contributed by atoms with Crippen LogP contribution in [0.5, 0.6) is 0 Å². The van der Waals surface area contributed by atoms with Crippen molar-refractivity contribution < 1.29 is 13.2 Å². The van der Waals surface area contributed by atoms with Crippen LogP contribution in [0.1, 0.15) is 6.42 Å². The summed E-state index contributed by atoms with van der Waals surface area (Å²) in [7, 11) is 1.55. The maximum atomic E-state index is 12.3. The molecule has 1 unspecified atom stereocenters. The zero-order chi connectivity index (χ0) is 13.2. The van der Waals surface area contributed by atoms with Gasteiger partial charge in [0.2, 0.25) is 0 Å². The van der Waals surface area contributed by atoms with Gasteiger partial charge in [-0.3, -0.25) is 4.90 Å². The second kappa shape index (κ2) is 5.18. The fourth-order valence-electron chi connectivity index (χ4n) is 2.39. The quantitative estimate of drug-likeness (QED) is 0.822. The van der Waals surface area contributed by atoms with E-state index in [9.17, 15) is 13.2 Å². The molecular formula is C13H17F3N2. The number of hydrogen-bond acceptors (Lipinski definition) is 2. The van der Waals surface area contributed by atoms with E-state index in [1.807, 2.05) is 30.3 Å². The molecule has 0 saturated carbocycles. The maximum absolute atomic E-state index is 12.3. The van der Waals surface area contributed by atoms with Gasteiger partial charge < -0.3 is 4.90 Å². The molecule has 0 aliphatic carbocycles.